The van der Waals surface area contributed by atoms with Crippen molar-refractivity contribution >= 4 is 27.7 Å². The van der Waals surface area contributed by atoms with E-state index in [0.29, 0.717) is 0 Å². The average Bonchev–Trinajstić information content (AvgIpc) is 3.50. The van der Waals surface area contributed by atoms with Crippen molar-refractivity contribution in [3.05, 3.63) is 40.8 Å². The van der Waals surface area contributed by atoms with Crippen LogP contribution in [0.5, 0.6) is 5.88 Å². The number of carbonyl (C=O) groups is 1. The molecule has 0 bridgehead atoms. The molecule has 2 aromatic heterocycles. The van der Waals surface area contributed by atoms with E-state index in [9.17, 15) is 4.79 Å². The van der Waals surface area contributed by atoms with Crippen LogP contribution in [-0.2, 0) is 24.2 Å². The Morgan fingerprint density at radius 3 is 2.68 bits per heavy atom. The number of ether oxygens (including phenoxy) is 1. The zero-order chi connectivity index (χ0) is 25.8. The second-order valence-electron chi connectivity index (χ2n) is 10.9. The number of nitrogens with one attached hydrogen (secondary N) is 1. The number of carbonyl (C=O) groups excluding carboxylic acids is 1. The summed E-state index contributed by atoms with van der Waals surface area (Å²) in [5, 5.41) is 8.27. The molecule has 1 saturated carbocycles. The van der Waals surface area contributed by atoms with Gasteiger partial charge in [-0.05, 0) is 89.0 Å². The number of nitrogens with zero attached hydrogens (tertiary/aromatic N) is 4. The van der Waals surface area contributed by atoms with Crippen LogP contribution in [0, 0.1) is 12.8 Å². The Labute approximate surface area is 224 Å². The third-order valence-corrected chi connectivity index (χ3v) is 9.04. The van der Waals surface area contributed by atoms with Crippen LogP contribution in [0.2, 0.25) is 0 Å². The fourth-order valence-corrected chi connectivity index (χ4v) is 6.95. The molecule has 0 radical (unpaired) electrons. The zero-order valence-corrected chi connectivity index (χ0v) is 23.2. The monoisotopic (exact) mass is 523 g/mol. The summed E-state index contributed by atoms with van der Waals surface area (Å²) in [5.41, 5.74) is 5.16. The summed E-state index contributed by atoms with van der Waals surface area (Å²) in [7, 11) is 1.58. The van der Waals surface area contributed by atoms with Gasteiger partial charge in [0.2, 0.25) is 11.8 Å². The van der Waals surface area contributed by atoms with Crippen LogP contribution in [0.25, 0.3) is 0 Å². The van der Waals surface area contributed by atoms with Gasteiger partial charge in [0.1, 0.15) is 11.8 Å². The minimum Gasteiger partial charge on any atom is -0.474 e. The number of piperidine rings is 1. The van der Waals surface area contributed by atoms with Crippen molar-refractivity contribution in [2.75, 3.05) is 13.1 Å². The van der Waals surface area contributed by atoms with Crippen LogP contribution < -0.4 is 10.1 Å². The summed E-state index contributed by atoms with van der Waals surface area (Å²) in [6.07, 6.45) is 13.3. The molecule has 1 saturated heterocycles. The second-order valence-corrected chi connectivity index (χ2v) is 11.6. The number of aromatic nitrogens is 3. The van der Waals surface area contributed by atoms with Crippen LogP contribution in [-0.4, -0.2) is 61.7 Å². The first-order valence-corrected chi connectivity index (χ1v) is 15.0. The molecule has 2 aliphatic carbocycles. The highest BCUT2D eigenvalue weighted by Gasteiger charge is 2.30. The predicted octanol–water partition coefficient (Wildman–Crippen LogP) is 4.35. The van der Waals surface area contributed by atoms with Gasteiger partial charge < -0.3 is 10.1 Å². The molecule has 8 heteroatoms. The number of fused-ring (bicyclic) bond motifs is 1. The maximum absolute atomic E-state index is 11.4. The number of aryl methyl sites for hydroxylation is 2. The van der Waals surface area contributed by atoms with Crippen molar-refractivity contribution in [1.82, 2.24) is 25.0 Å². The molecular formula is C29H41N5O2S. The van der Waals surface area contributed by atoms with Crippen LogP contribution in [0.4, 0.5) is 0 Å². The molecule has 2 aromatic rings. The van der Waals surface area contributed by atoms with Crippen molar-refractivity contribution in [1.29, 1.82) is 0 Å². The van der Waals surface area contributed by atoms with E-state index in [4.69, 9.17) is 9.84 Å². The van der Waals surface area contributed by atoms with Crippen molar-refractivity contribution in [3.63, 3.8) is 0 Å². The third kappa shape index (κ3) is 6.17. The van der Waals surface area contributed by atoms with Gasteiger partial charge in [-0.3, -0.25) is 14.4 Å². The van der Waals surface area contributed by atoms with E-state index in [-0.39, 0.29) is 18.1 Å². The summed E-state index contributed by atoms with van der Waals surface area (Å²) in [6.45, 7) is 6.54. The molecule has 0 atom stereocenters. The standard InChI is InChI=1S/C29H41N5O2S/c1-20-6-5-16-30-28(20)36-24-11-9-22(10-12-24)13-19-34-26-8-4-7-25(26)27(32-34)29(37-3)33-17-14-23(15-18-33)31-21(2)35/h5-6,16,22-24H,3-4,7-15,17-19H2,1-2H3,(H,31,35)/t22-,24+. The van der Waals surface area contributed by atoms with Gasteiger partial charge in [0.05, 0.1) is 4.99 Å². The Kier molecular flexibility index (Phi) is 8.45. The van der Waals surface area contributed by atoms with E-state index in [1.165, 1.54) is 41.9 Å². The first kappa shape index (κ1) is 26.2. The van der Waals surface area contributed by atoms with Crippen molar-refractivity contribution < 1.29 is 9.53 Å². The molecule has 1 amide bonds. The fraction of sp³-hybridized carbons (Fsp3) is 0.621. The lowest BCUT2D eigenvalue weighted by molar-refractivity contribution is -0.119. The van der Waals surface area contributed by atoms with Crippen molar-refractivity contribution in [2.24, 2.45) is 5.92 Å². The van der Waals surface area contributed by atoms with Gasteiger partial charge in [0.25, 0.3) is 0 Å². The Bertz CT molecular complexity index is 1160. The molecule has 3 aliphatic rings. The molecule has 0 spiro atoms. The lowest BCUT2D eigenvalue weighted by Gasteiger charge is -2.32. The van der Waals surface area contributed by atoms with Gasteiger partial charge in [0.15, 0.2) is 0 Å². The molecule has 7 nitrogen and oxygen atoms in total. The maximum Gasteiger partial charge on any atom is 0.217 e. The first-order valence-electron chi connectivity index (χ1n) is 14.0. The molecule has 37 heavy (non-hydrogen) atoms. The minimum absolute atomic E-state index is 0.0649. The van der Waals surface area contributed by atoms with Gasteiger partial charge in [-0.25, -0.2) is 4.98 Å². The van der Waals surface area contributed by atoms with E-state index in [0.717, 1.165) is 81.2 Å². The van der Waals surface area contributed by atoms with Crippen molar-refractivity contribution in [3.8, 4) is 5.88 Å². The summed E-state index contributed by atoms with van der Waals surface area (Å²) in [5.74, 6) is 5.79. The largest absolute Gasteiger partial charge is 0.474 e. The van der Waals surface area contributed by atoms with Gasteiger partial charge >= 0.3 is 0 Å². The molecule has 1 aliphatic heterocycles. The fourth-order valence-electron chi connectivity index (χ4n) is 6.29. The van der Waals surface area contributed by atoms with Crippen LogP contribution in [0.3, 0.4) is 0 Å². The van der Waals surface area contributed by atoms with E-state index in [1.807, 2.05) is 12.3 Å². The number of likely N-dealkylation sites (tertiary alicyclic amines) is 1. The predicted molar refractivity (Wildman–Crippen MR) is 151 cm³/mol. The first-order chi connectivity index (χ1) is 18.0. The van der Waals surface area contributed by atoms with Gasteiger partial charge in [-0.2, -0.15) is 5.10 Å². The maximum atomic E-state index is 11.4. The average molecular weight is 524 g/mol. The third-order valence-electron chi connectivity index (χ3n) is 8.32. The number of pyridine rings is 1. The number of hydrogen-bond acceptors (Lipinski definition) is 4. The topological polar surface area (TPSA) is 72.3 Å². The lowest BCUT2D eigenvalue weighted by atomic mass is 9.85. The molecular weight excluding hydrogens is 482 g/mol. The van der Waals surface area contributed by atoms with Gasteiger partial charge in [-0.15, -0.1) is 10.9 Å². The van der Waals surface area contributed by atoms with E-state index in [1.54, 1.807) is 17.9 Å². The van der Waals surface area contributed by atoms with Gasteiger partial charge in [0, 0.05) is 55.6 Å². The van der Waals surface area contributed by atoms with Crippen LogP contribution >= 0.6 is 10.9 Å². The highest BCUT2D eigenvalue weighted by Crippen LogP contribution is 2.32. The van der Waals surface area contributed by atoms with Crippen LogP contribution in [0.1, 0.15) is 80.8 Å². The molecule has 200 valence electrons. The number of amides is 1. The van der Waals surface area contributed by atoms with E-state index >= 15 is 0 Å². The van der Waals surface area contributed by atoms with Crippen molar-refractivity contribution in [2.45, 2.75) is 96.7 Å². The number of hydrogen-bond donors (Lipinski definition) is 1. The van der Waals surface area contributed by atoms with E-state index in [2.05, 4.69) is 38.7 Å². The highest BCUT2D eigenvalue weighted by atomic mass is 32.1. The Hall–Kier alpha value is -2.45. The van der Waals surface area contributed by atoms with Gasteiger partial charge in [-0.1, -0.05) is 6.07 Å². The summed E-state index contributed by atoms with van der Waals surface area (Å²) in [6, 6.07) is 4.30. The van der Waals surface area contributed by atoms with Crippen LogP contribution in [0.15, 0.2) is 18.3 Å². The minimum atomic E-state index is 0.0649. The summed E-state index contributed by atoms with van der Waals surface area (Å²) >= 11 is 0. The van der Waals surface area contributed by atoms with E-state index < -0.39 is 0 Å². The summed E-state index contributed by atoms with van der Waals surface area (Å²) < 4.78 is 8.54. The molecule has 3 heterocycles. The SMILES string of the molecule is C=S=C(c1nn(CC[C@H]2CC[C@@H](Oc3ncccc3C)CC2)c2c1CCC2)N1CCC(NC(C)=O)CC1. The Morgan fingerprint density at radius 1 is 1.19 bits per heavy atom. The normalized spacial score (nSPS) is 22.4. The Balaban J connectivity index is 1.17. The number of rotatable bonds is 7. The second kappa shape index (κ2) is 11.9. The molecule has 0 unspecified atom stereocenters. The summed E-state index contributed by atoms with van der Waals surface area (Å²) in [4.78, 5) is 19.5. The lowest BCUT2D eigenvalue weighted by Crippen LogP contribution is -2.46. The molecule has 2 fully saturated rings. The Morgan fingerprint density at radius 2 is 1.97 bits per heavy atom. The highest BCUT2D eigenvalue weighted by molar-refractivity contribution is 7.96. The smallest absolute Gasteiger partial charge is 0.217 e. The molecule has 5 rings (SSSR count). The zero-order valence-electron chi connectivity index (χ0n) is 22.4. The molecule has 1 N–H and O–H groups in total. The molecule has 0 aromatic carbocycles. The quantitative estimate of drug-likeness (QED) is 0.547.